The molecule has 1 atom stereocenters. The van der Waals surface area contributed by atoms with Crippen LogP contribution in [0.3, 0.4) is 0 Å². The number of ether oxygens (including phenoxy) is 1. The van der Waals surface area contributed by atoms with Gasteiger partial charge >= 0.3 is 5.97 Å². The Labute approximate surface area is 145 Å². The minimum Gasteiger partial charge on any atom is -0.448 e. The number of aryl methyl sites for hydroxylation is 1. The number of esters is 1. The molecule has 0 spiro atoms. The van der Waals surface area contributed by atoms with E-state index < -0.39 is 12.1 Å². The second-order valence-corrected chi connectivity index (χ2v) is 5.62. The molecule has 0 aliphatic carbocycles. The van der Waals surface area contributed by atoms with Crippen molar-refractivity contribution >= 4 is 23.3 Å². The molecule has 0 saturated heterocycles. The maximum Gasteiger partial charge on any atom is 0.377 e. The molecule has 1 unspecified atom stereocenters. The molecule has 2 rings (SSSR count). The number of Topliss-reactive ketones (excluding diaryl/α,β-unsaturated/α-hetero) is 1. The molecule has 1 heterocycles. The zero-order valence-electron chi connectivity index (χ0n) is 14.4. The summed E-state index contributed by atoms with van der Waals surface area (Å²) in [5.74, 6) is -1.22. The third-order valence-electron chi connectivity index (χ3n) is 3.41. The van der Waals surface area contributed by atoms with E-state index in [9.17, 15) is 14.4 Å². The zero-order valence-corrected chi connectivity index (χ0v) is 14.4. The minimum atomic E-state index is -0.974. The van der Waals surface area contributed by atoms with E-state index in [-0.39, 0.29) is 17.5 Å². The molecule has 1 N–H and O–H groups in total. The summed E-state index contributed by atoms with van der Waals surface area (Å²) >= 11 is 0. The smallest absolute Gasteiger partial charge is 0.377 e. The molecule has 25 heavy (non-hydrogen) atoms. The zero-order chi connectivity index (χ0) is 18.4. The lowest BCUT2D eigenvalue weighted by atomic mass is 10.1. The van der Waals surface area contributed by atoms with Gasteiger partial charge in [-0.25, -0.2) is 4.79 Å². The Morgan fingerprint density at radius 2 is 1.92 bits per heavy atom. The molecular weight excluding hydrogens is 324 g/mol. The number of hydrogen-bond acceptors (Lipinski definition) is 6. The molecule has 0 radical (unpaired) electrons. The van der Waals surface area contributed by atoms with Gasteiger partial charge in [0, 0.05) is 23.7 Å². The van der Waals surface area contributed by atoms with Gasteiger partial charge in [-0.2, -0.15) is 0 Å². The monoisotopic (exact) mass is 344 g/mol. The minimum absolute atomic E-state index is 0.0499. The normalized spacial score (nSPS) is 11.6. The third-order valence-corrected chi connectivity index (χ3v) is 3.41. The number of nitrogens with one attached hydrogen (secondary N) is 1. The average molecular weight is 344 g/mol. The fourth-order valence-corrected chi connectivity index (χ4v) is 2.14. The summed E-state index contributed by atoms with van der Waals surface area (Å²) in [4.78, 5) is 35.8. The summed E-state index contributed by atoms with van der Waals surface area (Å²) in [6, 6.07) is 7.86. The summed E-state index contributed by atoms with van der Waals surface area (Å²) in [6.07, 6.45) is 0.226. The van der Waals surface area contributed by atoms with Crippen LogP contribution in [-0.2, 0) is 9.53 Å². The fourth-order valence-electron chi connectivity index (χ4n) is 2.14. The van der Waals surface area contributed by atoms with Crippen molar-refractivity contribution in [2.45, 2.75) is 39.7 Å². The Hall–Kier alpha value is -2.96. The van der Waals surface area contributed by atoms with Gasteiger partial charge < -0.3 is 14.6 Å². The van der Waals surface area contributed by atoms with Gasteiger partial charge in [-0.3, -0.25) is 9.59 Å². The number of aromatic nitrogens is 1. The van der Waals surface area contributed by atoms with Gasteiger partial charge in [-0.1, -0.05) is 12.1 Å². The molecule has 0 saturated carbocycles. The highest BCUT2D eigenvalue weighted by Crippen LogP contribution is 2.14. The highest BCUT2D eigenvalue weighted by Gasteiger charge is 2.22. The van der Waals surface area contributed by atoms with E-state index in [0.29, 0.717) is 23.4 Å². The van der Waals surface area contributed by atoms with Crippen LogP contribution >= 0.6 is 0 Å². The summed E-state index contributed by atoms with van der Waals surface area (Å²) in [7, 11) is 0. The molecule has 0 fully saturated rings. The van der Waals surface area contributed by atoms with Gasteiger partial charge in [0.1, 0.15) is 0 Å². The first-order valence-electron chi connectivity index (χ1n) is 7.99. The summed E-state index contributed by atoms with van der Waals surface area (Å²) < 4.78 is 9.91. The average Bonchev–Trinajstić information content (AvgIpc) is 3.01. The molecule has 132 valence electrons. The molecule has 1 aromatic heterocycles. The number of anilines is 1. The topological polar surface area (TPSA) is 98.5 Å². The number of nitrogens with zero attached hydrogens (tertiary/aromatic N) is 1. The number of rotatable bonds is 7. The van der Waals surface area contributed by atoms with Crippen molar-refractivity contribution in [2.24, 2.45) is 0 Å². The van der Waals surface area contributed by atoms with Crippen LogP contribution in [0.1, 0.15) is 53.3 Å². The Morgan fingerprint density at radius 3 is 2.48 bits per heavy atom. The molecular formula is C18H20N2O5. The lowest BCUT2D eigenvalue weighted by Gasteiger charge is -2.11. The van der Waals surface area contributed by atoms with E-state index in [0.717, 1.165) is 6.42 Å². The van der Waals surface area contributed by atoms with Crippen molar-refractivity contribution in [1.82, 2.24) is 5.16 Å². The van der Waals surface area contributed by atoms with Crippen LogP contribution in [0.4, 0.5) is 5.69 Å². The van der Waals surface area contributed by atoms with Crippen LogP contribution in [0.2, 0.25) is 0 Å². The number of benzene rings is 1. The number of hydrogen-bond donors (Lipinski definition) is 1. The molecule has 0 bridgehead atoms. The van der Waals surface area contributed by atoms with E-state index in [1.54, 1.807) is 31.2 Å². The number of carbonyl (C=O) groups is 3. The van der Waals surface area contributed by atoms with Crippen molar-refractivity contribution in [3.63, 3.8) is 0 Å². The Balaban J connectivity index is 1.97. The quantitative estimate of drug-likeness (QED) is 0.612. The van der Waals surface area contributed by atoms with Gasteiger partial charge in [0.05, 0.1) is 5.69 Å². The van der Waals surface area contributed by atoms with Crippen molar-refractivity contribution in [2.75, 3.05) is 5.32 Å². The lowest BCUT2D eigenvalue weighted by molar-refractivity contribution is -0.116. The predicted molar refractivity (Wildman–Crippen MR) is 90.4 cm³/mol. The molecule has 0 aliphatic heterocycles. The highest BCUT2D eigenvalue weighted by molar-refractivity contribution is 6.01. The maximum atomic E-state index is 12.3. The van der Waals surface area contributed by atoms with Crippen LogP contribution in [0.25, 0.3) is 0 Å². The predicted octanol–water partition coefficient (Wildman–Crippen LogP) is 3.15. The van der Waals surface area contributed by atoms with E-state index in [1.807, 2.05) is 6.92 Å². The Bertz CT molecular complexity index is 764. The van der Waals surface area contributed by atoms with Crippen molar-refractivity contribution in [1.29, 1.82) is 0 Å². The van der Waals surface area contributed by atoms with E-state index >= 15 is 0 Å². The van der Waals surface area contributed by atoms with Crippen LogP contribution in [0, 0.1) is 6.92 Å². The van der Waals surface area contributed by atoms with Crippen LogP contribution < -0.4 is 5.32 Å². The standard InChI is InChI=1S/C18H20N2O5/c1-4-5-16(21)19-14-8-6-13(7-9-14)17(22)12(3)24-18(23)15-10-11(2)20-25-15/h6-10,12H,4-5H2,1-3H3,(H,19,21). The second kappa shape index (κ2) is 8.23. The first kappa shape index (κ1) is 18.4. The van der Waals surface area contributed by atoms with Gasteiger partial charge in [-0.15, -0.1) is 0 Å². The fraction of sp³-hybridized carbons (Fsp3) is 0.333. The first-order valence-corrected chi connectivity index (χ1v) is 7.99. The number of carbonyl (C=O) groups excluding carboxylic acids is 3. The lowest BCUT2D eigenvalue weighted by Crippen LogP contribution is -2.24. The van der Waals surface area contributed by atoms with Gasteiger partial charge in [0.2, 0.25) is 17.5 Å². The van der Waals surface area contributed by atoms with Gasteiger partial charge in [0.25, 0.3) is 0 Å². The largest absolute Gasteiger partial charge is 0.448 e. The molecule has 2 aromatic rings. The van der Waals surface area contributed by atoms with Crippen LogP contribution in [0.5, 0.6) is 0 Å². The van der Waals surface area contributed by atoms with E-state index in [1.165, 1.54) is 13.0 Å². The van der Waals surface area contributed by atoms with E-state index in [2.05, 4.69) is 10.5 Å². The molecule has 0 aliphatic rings. The third kappa shape index (κ3) is 5.00. The Morgan fingerprint density at radius 1 is 1.24 bits per heavy atom. The summed E-state index contributed by atoms with van der Waals surface area (Å²) in [5.41, 5.74) is 1.53. The summed E-state index contributed by atoms with van der Waals surface area (Å²) in [5, 5.41) is 6.34. The van der Waals surface area contributed by atoms with E-state index in [4.69, 9.17) is 9.26 Å². The maximum absolute atomic E-state index is 12.3. The van der Waals surface area contributed by atoms with Crippen LogP contribution in [0.15, 0.2) is 34.9 Å². The van der Waals surface area contributed by atoms with Crippen LogP contribution in [-0.4, -0.2) is 28.9 Å². The van der Waals surface area contributed by atoms with Gasteiger partial charge in [-0.05, 0) is 44.5 Å². The number of ketones is 1. The summed E-state index contributed by atoms with van der Waals surface area (Å²) in [6.45, 7) is 5.08. The van der Waals surface area contributed by atoms with Gasteiger partial charge in [0.15, 0.2) is 6.10 Å². The first-order chi connectivity index (χ1) is 11.9. The van der Waals surface area contributed by atoms with Crippen molar-refractivity contribution in [3.8, 4) is 0 Å². The highest BCUT2D eigenvalue weighted by atomic mass is 16.6. The molecule has 7 nitrogen and oxygen atoms in total. The second-order valence-electron chi connectivity index (χ2n) is 5.62. The van der Waals surface area contributed by atoms with Crippen molar-refractivity contribution < 1.29 is 23.6 Å². The molecule has 1 aromatic carbocycles. The Kier molecular flexibility index (Phi) is 6.05. The molecule has 7 heteroatoms. The molecule has 1 amide bonds. The van der Waals surface area contributed by atoms with Crippen molar-refractivity contribution in [3.05, 3.63) is 47.3 Å². The number of amides is 1. The SMILES string of the molecule is CCCC(=O)Nc1ccc(C(=O)C(C)OC(=O)c2cc(C)no2)cc1.